The molecule has 0 unspecified atom stereocenters. The van der Waals surface area contributed by atoms with E-state index in [0.29, 0.717) is 18.4 Å². The number of ether oxygens (including phenoxy) is 1. The molecule has 2 N–H and O–H groups in total. The predicted molar refractivity (Wildman–Crippen MR) is 69.1 cm³/mol. The van der Waals surface area contributed by atoms with Crippen molar-refractivity contribution in [3.63, 3.8) is 0 Å². The molecule has 3 aliphatic rings. The van der Waals surface area contributed by atoms with Gasteiger partial charge < -0.3 is 14.9 Å². The minimum atomic E-state index is -0.649. The number of esters is 1. The Morgan fingerprint density at radius 1 is 1.42 bits per heavy atom. The van der Waals surface area contributed by atoms with Crippen LogP contribution in [0.5, 0.6) is 0 Å². The molecule has 1 saturated heterocycles. The molecule has 0 spiro atoms. The maximum absolute atomic E-state index is 11.7. The molecule has 1 saturated carbocycles. The molecule has 0 aromatic carbocycles. The van der Waals surface area contributed by atoms with Gasteiger partial charge in [0.2, 0.25) is 0 Å². The molecule has 2 fully saturated rings. The van der Waals surface area contributed by atoms with E-state index in [-0.39, 0.29) is 23.9 Å². The molecule has 2 aliphatic carbocycles. The van der Waals surface area contributed by atoms with Crippen molar-refractivity contribution >= 4 is 5.97 Å². The van der Waals surface area contributed by atoms with Gasteiger partial charge in [-0.15, -0.1) is 0 Å². The highest BCUT2D eigenvalue weighted by Crippen LogP contribution is 2.56. The third-order valence-electron chi connectivity index (χ3n) is 5.41. The SMILES string of the molecule is C=C1C(=O)O[C@@H]2[C@H]3C(C)=CC[C@H](O)[C@@]3(C)[C@H](O)C[C@@H]12. The summed E-state index contributed by atoms with van der Waals surface area (Å²) in [5, 5.41) is 20.8. The van der Waals surface area contributed by atoms with Crippen LogP contribution >= 0.6 is 0 Å². The number of aliphatic hydroxyl groups excluding tert-OH is 2. The number of rotatable bonds is 0. The van der Waals surface area contributed by atoms with Gasteiger partial charge in [0.25, 0.3) is 0 Å². The molecule has 4 heteroatoms. The molecular formula is C15H20O4. The number of hydrogen-bond donors (Lipinski definition) is 2. The summed E-state index contributed by atoms with van der Waals surface area (Å²) in [4.78, 5) is 11.7. The van der Waals surface area contributed by atoms with E-state index in [9.17, 15) is 15.0 Å². The van der Waals surface area contributed by atoms with Gasteiger partial charge in [-0.1, -0.05) is 25.2 Å². The Morgan fingerprint density at radius 2 is 2.11 bits per heavy atom. The lowest BCUT2D eigenvalue weighted by atomic mass is 9.54. The average molecular weight is 264 g/mol. The summed E-state index contributed by atoms with van der Waals surface area (Å²) in [6.45, 7) is 7.67. The second kappa shape index (κ2) is 3.93. The fourth-order valence-corrected chi connectivity index (χ4v) is 4.12. The molecule has 6 atom stereocenters. The maximum Gasteiger partial charge on any atom is 0.334 e. The van der Waals surface area contributed by atoms with Crippen LogP contribution in [0.15, 0.2) is 23.8 Å². The van der Waals surface area contributed by atoms with Crippen molar-refractivity contribution in [1.82, 2.24) is 0 Å². The van der Waals surface area contributed by atoms with Gasteiger partial charge >= 0.3 is 5.97 Å². The number of fused-ring (bicyclic) bond motifs is 3. The van der Waals surface area contributed by atoms with Crippen molar-refractivity contribution in [3.8, 4) is 0 Å². The molecule has 3 rings (SSSR count). The van der Waals surface area contributed by atoms with Gasteiger partial charge in [0, 0.05) is 22.8 Å². The minimum absolute atomic E-state index is 0.130. The van der Waals surface area contributed by atoms with Crippen LogP contribution in [-0.2, 0) is 9.53 Å². The Bertz CT molecular complexity index is 481. The first-order valence-electron chi connectivity index (χ1n) is 6.80. The highest BCUT2D eigenvalue weighted by molar-refractivity contribution is 5.91. The largest absolute Gasteiger partial charge is 0.458 e. The Hall–Kier alpha value is -1.13. The van der Waals surface area contributed by atoms with Gasteiger partial charge in [0.05, 0.1) is 12.2 Å². The van der Waals surface area contributed by atoms with Crippen LogP contribution in [0, 0.1) is 17.3 Å². The van der Waals surface area contributed by atoms with Gasteiger partial charge in [-0.3, -0.25) is 0 Å². The van der Waals surface area contributed by atoms with Crippen molar-refractivity contribution in [3.05, 3.63) is 23.8 Å². The molecule has 19 heavy (non-hydrogen) atoms. The van der Waals surface area contributed by atoms with Crippen molar-refractivity contribution < 1.29 is 19.7 Å². The topological polar surface area (TPSA) is 66.8 Å². The first-order valence-corrected chi connectivity index (χ1v) is 6.80. The van der Waals surface area contributed by atoms with Gasteiger partial charge in [-0.2, -0.15) is 0 Å². The monoisotopic (exact) mass is 264 g/mol. The number of carbonyl (C=O) groups is 1. The van der Waals surface area contributed by atoms with E-state index < -0.39 is 17.6 Å². The average Bonchev–Trinajstić information content (AvgIpc) is 2.62. The van der Waals surface area contributed by atoms with Crippen molar-refractivity contribution in [2.75, 3.05) is 0 Å². The molecule has 0 bridgehead atoms. The third-order valence-corrected chi connectivity index (χ3v) is 5.41. The number of aliphatic hydroxyl groups is 2. The van der Waals surface area contributed by atoms with Crippen LogP contribution in [0.1, 0.15) is 26.7 Å². The smallest absolute Gasteiger partial charge is 0.334 e. The summed E-state index contributed by atoms with van der Waals surface area (Å²) in [5.74, 6) is -0.623. The van der Waals surface area contributed by atoms with Crippen molar-refractivity contribution in [1.29, 1.82) is 0 Å². The molecule has 0 aromatic rings. The van der Waals surface area contributed by atoms with Crippen LogP contribution in [0.3, 0.4) is 0 Å². The molecule has 0 amide bonds. The lowest BCUT2D eigenvalue weighted by Crippen LogP contribution is -2.59. The zero-order valence-corrected chi connectivity index (χ0v) is 11.3. The predicted octanol–water partition coefficient (Wildman–Crippen LogP) is 1.18. The Balaban J connectivity index is 2.08. The molecule has 0 radical (unpaired) electrons. The second-order valence-electron chi connectivity index (χ2n) is 6.30. The summed E-state index contributed by atoms with van der Waals surface area (Å²) in [6.07, 6.45) is 1.42. The van der Waals surface area contributed by atoms with Crippen LogP contribution in [-0.4, -0.2) is 34.5 Å². The lowest BCUT2D eigenvalue weighted by Gasteiger charge is -2.53. The highest BCUT2D eigenvalue weighted by atomic mass is 16.6. The Morgan fingerprint density at radius 3 is 2.79 bits per heavy atom. The van der Waals surface area contributed by atoms with E-state index in [2.05, 4.69) is 6.58 Å². The molecular weight excluding hydrogens is 244 g/mol. The van der Waals surface area contributed by atoms with Crippen molar-refractivity contribution in [2.24, 2.45) is 17.3 Å². The summed E-state index contributed by atoms with van der Waals surface area (Å²) >= 11 is 0. The normalized spacial score (nSPS) is 49.3. The van der Waals surface area contributed by atoms with E-state index in [1.807, 2.05) is 19.9 Å². The Labute approximate surface area is 112 Å². The Kier molecular flexibility index (Phi) is 2.67. The lowest BCUT2D eigenvalue weighted by molar-refractivity contribution is -0.169. The minimum Gasteiger partial charge on any atom is -0.458 e. The van der Waals surface area contributed by atoms with E-state index in [1.54, 1.807) is 0 Å². The molecule has 4 nitrogen and oxygen atoms in total. The zero-order valence-electron chi connectivity index (χ0n) is 11.3. The zero-order chi connectivity index (χ0) is 13.9. The second-order valence-corrected chi connectivity index (χ2v) is 6.30. The van der Waals surface area contributed by atoms with Gasteiger partial charge in [0.1, 0.15) is 6.10 Å². The van der Waals surface area contributed by atoms with Crippen LogP contribution in [0.2, 0.25) is 0 Å². The fourth-order valence-electron chi connectivity index (χ4n) is 4.12. The summed E-state index contributed by atoms with van der Waals surface area (Å²) in [5.41, 5.74) is 0.897. The van der Waals surface area contributed by atoms with Crippen molar-refractivity contribution in [2.45, 2.75) is 45.0 Å². The number of carbonyl (C=O) groups excluding carboxylic acids is 1. The number of hydrogen-bond acceptors (Lipinski definition) is 4. The van der Waals surface area contributed by atoms with E-state index in [0.717, 1.165) is 5.57 Å². The third kappa shape index (κ3) is 1.50. The van der Waals surface area contributed by atoms with E-state index >= 15 is 0 Å². The summed E-state index contributed by atoms with van der Waals surface area (Å²) in [6, 6.07) is 0. The molecule has 0 aromatic heterocycles. The molecule has 1 aliphatic heterocycles. The van der Waals surface area contributed by atoms with Gasteiger partial charge in [-0.25, -0.2) is 4.79 Å². The maximum atomic E-state index is 11.7. The molecule has 1 heterocycles. The first kappa shape index (κ1) is 12.9. The fraction of sp³-hybridized carbons (Fsp3) is 0.667. The standard InChI is InChI=1S/C15H20O4/c1-7-4-5-10(16)15(3)11(17)6-9-8(2)14(18)19-13(9)12(7)15/h4,9-13,16-17H,2,5-6H2,1,3H3/t9-,10-,11+,12+,13-,15-/m0/s1. The first-order chi connectivity index (χ1) is 8.87. The summed E-state index contributed by atoms with van der Waals surface area (Å²) < 4.78 is 5.48. The van der Waals surface area contributed by atoms with E-state index in [4.69, 9.17) is 4.74 Å². The molecule has 104 valence electrons. The van der Waals surface area contributed by atoms with Crippen LogP contribution in [0.4, 0.5) is 0 Å². The van der Waals surface area contributed by atoms with E-state index in [1.165, 1.54) is 0 Å². The quantitative estimate of drug-likeness (QED) is 0.392. The van der Waals surface area contributed by atoms with Crippen LogP contribution in [0.25, 0.3) is 0 Å². The van der Waals surface area contributed by atoms with Gasteiger partial charge in [0.15, 0.2) is 0 Å². The highest BCUT2D eigenvalue weighted by Gasteiger charge is 2.61. The summed E-state index contributed by atoms with van der Waals surface area (Å²) in [7, 11) is 0. The van der Waals surface area contributed by atoms with Gasteiger partial charge in [-0.05, 0) is 19.8 Å². The van der Waals surface area contributed by atoms with Crippen LogP contribution < -0.4 is 0 Å².